The maximum atomic E-state index is 13.4. The molecule has 1 amide bonds. The van der Waals surface area contributed by atoms with E-state index in [2.05, 4.69) is 31.0 Å². The van der Waals surface area contributed by atoms with Gasteiger partial charge in [-0.15, -0.1) is 0 Å². The molecule has 0 bridgehead atoms. The number of aryl methyl sites for hydroxylation is 1. The third kappa shape index (κ3) is 5.58. The number of para-hydroxylation sites is 1. The molecule has 1 heterocycles. The van der Waals surface area contributed by atoms with Crippen molar-refractivity contribution >= 4 is 51.5 Å². The van der Waals surface area contributed by atoms with Crippen LogP contribution in [0.3, 0.4) is 0 Å². The first kappa shape index (κ1) is 25.8. The zero-order valence-corrected chi connectivity index (χ0v) is 22.4. The lowest BCUT2D eigenvalue weighted by Crippen LogP contribution is -2.30. The van der Waals surface area contributed by atoms with Gasteiger partial charge in [-0.25, -0.2) is 4.98 Å². The number of hydrogen-bond acceptors (Lipinski definition) is 5. The van der Waals surface area contributed by atoms with Crippen LogP contribution in [0.1, 0.15) is 26.3 Å². The maximum absolute atomic E-state index is 13.4. The number of benzene rings is 3. The molecule has 0 aliphatic heterocycles. The van der Waals surface area contributed by atoms with E-state index in [1.54, 1.807) is 18.2 Å². The van der Waals surface area contributed by atoms with E-state index < -0.39 is 0 Å². The molecule has 8 heteroatoms. The fraction of sp³-hybridized carbons (Fsp3) is 0.250. The zero-order chi connectivity index (χ0) is 25.8. The molecule has 4 rings (SSSR count). The number of halogens is 1. The summed E-state index contributed by atoms with van der Waals surface area (Å²) >= 11 is 7.56. The van der Waals surface area contributed by atoms with Crippen molar-refractivity contribution in [1.82, 2.24) is 9.55 Å². The summed E-state index contributed by atoms with van der Waals surface area (Å²) in [5.74, 6) is -0.0843. The highest BCUT2D eigenvalue weighted by atomic mass is 35.5. The smallest absolute Gasteiger partial charge is 0.266 e. The topological polar surface area (TPSA) is 67.2 Å². The standard InChI is InChI=1S/C28H29ClN4O2S/c1-5-32(18(2)3)21-14-11-20(12-15-21)30-26(34)17-36-28-31-25-9-7-6-8-23(25)27(35)33(28)22-13-10-19(4)24(29)16-22/h6-16,18H,5,17H2,1-4H3,(H,30,34). The van der Waals surface area contributed by atoms with Crippen LogP contribution in [-0.2, 0) is 4.79 Å². The molecule has 6 nitrogen and oxygen atoms in total. The number of aromatic nitrogens is 2. The van der Waals surface area contributed by atoms with Gasteiger partial charge in [0.15, 0.2) is 5.16 Å². The predicted octanol–water partition coefficient (Wildman–Crippen LogP) is 6.31. The van der Waals surface area contributed by atoms with E-state index in [1.165, 1.54) is 16.3 Å². The molecule has 3 aromatic carbocycles. The molecule has 0 saturated carbocycles. The minimum absolute atomic E-state index is 0.0964. The average Bonchev–Trinajstić information content (AvgIpc) is 2.86. The summed E-state index contributed by atoms with van der Waals surface area (Å²) in [6.07, 6.45) is 0. The van der Waals surface area contributed by atoms with Crippen molar-refractivity contribution in [2.75, 3.05) is 22.5 Å². The number of carbonyl (C=O) groups excluding carboxylic acids is 1. The summed E-state index contributed by atoms with van der Waals surface area (Å²) in [5.41, 5.74) is 3.74. The first-order valence-electron chi connectivity index (χ1n) is 11.9. The Morgan fingerprint density at radius 1 is 1.11 bits per heavy atom. The Morgan fingerprint density at radius 2 is 1.83 bits per heavy atom. The lowest BCUT2D eigenvalue weighted by atomic mass is 10.2. The predicted molar refractivity (Wildman–Crippen MR) is 151 cm³/mol. The Kier molecular flexibility index (Phi) is 8.01. The minimum Gasteiger partial charge on any atom is -0.369 e. The molecular formula is C28H29ClN4O2S. The van der Waals surface area contributed by atoms with Crippen molar-refractivity contribution < 1.29 is 4.79 Å². The van der Waals surface area contributed by atoms with Gasteiger partial charge in [-0.2, -0.15) is 0 Å². The Hall–Kier alpha value is -3.29. The van der Waals surface area contributed by atoms with Crippen molar-refractivity contribution in [3.63, 3.8) is 0 Å². The summed E-state index contributed by atoms with van der Waals surface area (Å²) in [7, 11) is 0. The Bertz CT molecular complexity index is 1450. The molecule has 1 aromatic heterocycles. The molecule has 0 aliphatic rings. The van der Waals surface area contributed by atoms with Crippen LogP contribution in [0.5, 0.6) is 0 Å². The van der Waals surface area contributed by atoms with Crippen LogP contribution >= 0.6 is 23.4 Å². The second-order valence-electron chi connectivity index (χ2n) is 8.75. The minimum atomic E-state index is -0.204. The second kappa shape index (κ2) is 11.2. The average molecular weight is 521 g/mol. The zero-order valence-electron chi connectivity index (χ0n) is 20.8. The van der Waals surface area contributed by atoms with Crippen LogP contribution in [0.2, 0.25) is 5.02 Å². The molecule has 0 aliphatic carbocycles. The first-order chi connectivity index (χ1) is 17.3. The van der Waals surface area contributed by atoms with Gasteiger partial charge in [0.1, 0.15) is 0 Å². The van der Waals surface area contributed by atoms with Crippen molar-refractivity contribution in [1.29, 1.82) is 0 Å². The van der Waals surface area contributed by atoms with Crippen molar-refractivity contribution in [2.45, 2.75) is 38.9 Å². The first-order valence-corrected chi connectivity index (χ1v) is 13.2. The van der Waals surface area contributed by atoms with E-state index in [-0.39, 0.29) is 17.2 Å². The normalized spacial score (nSPS) is 11.2. The van der Waals surface area contributed by atoms with Gasteiger partial charge in [0.25, 0.3) is 5.56 Å². The van der Waals surface area contributed by atoms with Gasteiger partial charge >= 0.3 is 0 Å². The summed E-state index contributed by atoms with van der Waals surface area (Å²) in [5, 5.41) is 4.43. The van der Waals surface area contributed by atoms with E-state index in [1.807, 2.05) is 55.5 Å². The summed E-state index contributed by atoms with van der Waals surface area (Å²) in [4.78, 5) is 33.2. The Morgan fingerprint density at radius 3 is 2.50 bits per heavy atom. The van der Waals surface area contributed by atoms with Gasteiger partial charge in [0, 0.05) is 29.0 Å². The summed E-state index contributed by atoms with van der Waals surface area (Å²) < 4.78 is 1.52. The van der Waals surface area contributed by atoms with Gasteiger partial charge in [0.05, 0.1) is 22.3 Å². The van der Waals surface area contributed by atoms with E-state index in [0.717, 1.165) is 23.5 Å². The highest BCUT2D eigenvalue weighted by molar-refractivity contribution is 7.99. The van der Waals surface area contributed by atoms with Gasteiger partial charge in [0.2, 0.25) is 5.91 Å². The fourth-order valence-electron chi connectivity index (χ4n) is 4.07. The van der Waals surface area contributed by atoms with Gasteiger partial charge in [-0.1, -0.05) is 41.6 Å². The number of anilines is 2. The van der Waals surface area contributed by atoms with Gasteiger partial charge in [-0.3, -0.25) is 14.2 Å². The van der Waals surface area contributed by atoms with Crippen LogP contribution < -0.4 is 15.8 Å². The number of amides is 1. The molecule has 4 aromatic rings. The van der Waals surface area contributed by atoms with Gasteiger partial charge in [-0.05, 0) is 81.8 Å². The van der Waals surface area contributed by atoms with Crippen LogP contribution in [-0.4, -0.2) is 33.8 Å². The summed E-state index contributed by atoms with van der Waals surface area (Å²) in [6, 6.07) is 20.9. The molecular weight excluding hydrogens is 492 g/mol. The number of nitrogens with zero attached hydrogens (tertiary/aromatic N) is 3. The maximum Gasteiger partial charge on any atom is 0.266 e. The van der Waals surface area contributed by atoms with E-state index in [0.29, 0.717) is 32.8 Å². The number of thioether (sulfide) groups is 1. The Balaban J connectivity index is 1.57. The van der Waals surface area contributed by atoms with Crippen LogP contribution in [0.15, 0.2) is 76.7 Å². The largest absolute Gasteiger partial charge is 0.369 e. The van der Waals surface area contributed by atoms with E-state index in [9.17, 15) is 9.59 Å². The summed E-state index contributed by atoms with van der Waals surface area (Å²) in [6.45, 7) is 9.25. The van der Waals surface area contributed by atoms with Crippen LogP contribution in [0.4, 0.5) is 11.4 Å². The Labute approximate surface area is 220 Å². The molecule has 0 atom stereocenters. The van der Waals surface area contributed by atoms with Crippen molar-refractivity contribution in [2.24, 2.45) is 0 Å². The van der Waals surface area contributed by atoms with Crippen molar-refractivity contribution in [3.8, 4) is 5.69 Å². The van der Waals surface area contributed by atoms with E-state index in [4.69, 9.17) is 16.6 Å². The lowest BCUT2D eigenvalue weighted by molar-refractivity contribution is -0.113. The van der Waals surface area contributed by atoms with E-state index >= 15 is 0 Å². The molecule has 0 spiro atoms. The lowest BCUT2D eigenvalue weighted by Gasteiger charge is -2.27. The monoisotopic (exact) mass is 520 g/mol. The van der Waals surface area contributed by atoms with Crippen molar-refractivity contribution in [3.05, 3.63) is 87.7 Å². The molecule has 0 unspecified atom stereocenters. The number of rotatable bonds is 8. The number of hydrogen-bond donors (Lipinski definition) is 1. The third-order valence-electron chi connectivity index (χ3n) is 5.94. The quantitative estimate of drug-likeness (QED) is 0.218. The third-order valence-corrected chi connectivity index (χ3v) is 7.28. The fourth-order valence-corrected chi connectivity index (χ4v) is 5.05. The van der Waals surface area contributed by atoms with Crippen LogP contribution in [0.25, 0.3) is 16.6 Å². The SMILES string of the molecule is CCN(c1ccc(NC(=O)CSc2nc3ccccc3c(=O)n2-c2ccc(C)c(Cl)c2)cc1)C(C)C. The number of fused-ring (bicyclic) bond motifs is 1. The van der Waals surface area contributed by atoms with Gasteiger partial charge < -0.3 is 10.2 Å². The molecule has 0 fully saturated rings. The number of nitrogens with one attached hydrogen (secondary N) is 1. The number of carbonyl (C=O) groups is 1. The molecule has 186 valence electrons. The highest BCUT2D eigenvalue weighted by Crippen LogP contribution is 2.25. The molecule has 1 N–H and O–H groups in total. The molecule has 0 saturated heterocycles. The molecule has 36 heavy (non-hydrogen) atoms. The highest BCUT2D eigenvalue weighted by Gasteiger charge is 2.16. The van der Waals surface area contributed by atoms with Crippen LogP contribution in [0, 0.1) is 6.92 Å². The molecule has 0 radical (unpaired) electrons. The second-order valence-corrected chi connectivity index (χ2v) is 10.1.